The lowest BCUT2D eigenvalue weighted by Crippen LogP contribution is -2.75. The molecule has 3 atom stereocenters. The van der Waals surface area contributed by atoms with E-state index in [9.17, 15) is 9.59 Å². The maximum Gasteiger partial charge on any atom is 0.326 e. The van der Waals surface area contributed by atoms with Crippen molar-refractivity contribution in [2.75, 3.05) is 7.11 Å². The Balaban J connectivity index is 1.89. The summed E-state index contributed by atoms with van der Waals surface area (Å²) in [5, 5.41) is 3.23. The molecule has 1 saturated carbocycles. The van der Waals surface area contributed by atoms with E-state index in [1.807, 2.05) is 13.0 Å². The summed E-state index contributed by atoms with van der Waals surface area (Å²) >= 11 is 0. The van der Waals surface area contributed by atoms with Gasteiger partial charge in [-0.05, 0) is 37.8 Å². The van der Waals surface area contributed by atoms with Crippen LogP contribution in [0, 0.1) is 12.8 Å². The molecule has 1 aromatic heterocycles. The number of aryl methyl sites for hydroxylation is 1. The quantitative estimate of drug-likeness (QED) is 0.664. The van der Waals surface area contributed by atoms with Crippen molar-refractivity contribution in [3.8, 4) is 0 Å². The van der Waals surface area contributed by atoms with Crippen molar-refractivity contribution >= 4 is 11.8 Å². The predicted molar refractivity (Wildman–Crippen MR) is 72.3 cm³/mol. The van der Waals surface area contributed by atoms with Crippen LogP contribution in [0.1, 0.15) is 35.3 Å². The van der Waals surface area contributed by atoms with Crippen LogP contribution in [0.3, 0.4) is 0 Å². The fourth-order valence-electron chi connectivity index (χ4n) is 3.38. The lowest BCUT2D eigenvalue weighted by atomic mass is 9.62. The van der Waals surface area contributed by atoms with Crippen LogP contribution >= 0.6 is 0 Å². The Morgan fingerprint density at radius 3 is 2.75 bits per heavy atom. The molecule has 0 spiro atoms. The number of rotatable bonds is 3. The molecule has 1 aliphatic carbocycles. The molecular weight excluding hydrogens is 256 g/mol. The summed E-state index contributed by atoms with van der Waals surface area (Å²) < 4.78 is 4.89. The highest BCUT2D eigenvalue weighted by molar-refractivity contribution is 6.01. The van der Waals surface area contributed by atoms with E-state index >= 15 is 0 Å². The number of ether oxygens (including phenoxy) is 1. The van der Waals surface area contributed by atoms with Crippen LogP contribution in [-0.2, 0) is 9.53 Å². The minimum absolute atomic E-state index is 0.0685. The van der Waals surface area contributed by atoms with Gasteiger partial charge in [0.05, 0.1) is 13.0 Å². The Hall–Kier alpha value is -1.75. The highest BCUT2D eigenvalue weighted by Gasteiger charge is 2.61. The number of Topliss-reactive ketones (excluding diaryl/α,β-unsaturated/α-hetero) is 1. The van der Waals surface area contributed by atoms with Gasteiger partial charge in [-0.15, -0.1) is 0 Å². The van der Waals surface area contributed by atoms with E-state index in [1.165, 1.54) is 7.11 Å². The number of carbonyl (C=O) groups is 2. The average molecular weight is 274 g/mol. The first-order chi connectivity index (χ1) is 9.56. The smallest absolute Gasteiger partial charge is 0.326 e. The van der Waals surface area contributed by atoms with E-state index in [-0.39, 0.29) is 17.7 Å². The molecule has 5 heteroatoms. The number of hydrogen-bond acceptors (Lipinski definition) is 5. The molecule has 2 saturated heterocycles. The largest absolute Gasteiger partial charge is 0.468 e. The molecule has 20 heavy (non-hydrogen) atoms. The number of hydrogen-bond donors (Lipinski definition) is 1. The zero-order valence-corrected chi connectivity index (χ0v) is 11.7. The van der Waals surface area contributed by atoms with Crippen molar-refractivity contribution in [1.29, 1.82) is 0 Å². The van der Waals surface area contributed by atoms with Crippen molar-refractivity contribution in [3.05, 3.63) is 29.6 Å². The summed E-state index contributed by atoms with van der Waals surface area (Å²) in [4.78, 5) is 28.9. The van der Waals surface area contributed by atoms with Crippen molar-refractivity contribution in [3.63, 3.8) is 0 Å². The standard InChI is InChI=1S/C15H18N2O3/c1-9-3-6-12(16-8-9)13(18)11-5-4-10-7-15(11,17-10)14(19)20-2/h3,6,8,10-11,17H,4-5,7H2,1-2H3. The van der Waals surface area contributed by atoms with Gasteiger partial charge < -0.3 is 4.74 Å². The molecule has 5 nitrogen and oxygen atoms in total. The molecule has 2 bridgehead atoms. The molecule has 1 N–H and O–H groups in total. The average Bonchev–Trinajstić information content (AvgIpc) is 2.45. The van der Waals surface area contributed by atoms with Crippen LogP contribution in [0.4, 0.5) is 0 Å². The fraction of sp³-hybridized carbons (Fsp3) is 0.533. The molecule has 1 aromatic rings. The second-order valence-electron chi connectivity index (χ2n) is 5.72. The van der Waals surface area contributed by atoms with Gasteiger partial charge >= 0.3 is 5.97 Å². The summed E-state index contributed by atoms with van der Waals surface area (Å²) in [5.41, 5.74) is 0.604. The number of esters is 1. The second kappa shape index (κ2) is 4.66. The van der Waals surface area contributed by atoms with Crippen molar-refractivity contribution in [2.24, 2.45) is 5.92 Å². The van der Waals surface area contributed by atoms with Gasteiger partial charge in [0.1, 0.15) is 11.2 Å². The molecule has 3 unspecified atom stereocenters. The second-order valence-corrected chi connectivity index (χ2v) is 5.72. The normalized spacial score (nSPS) is 31.3. The molecular formula is C15H18N2O3. The van der Waals surface area contributed by atoms with E-state index in [0.717, 1.165) is 12.0 Å². The van der Waals surface area contributed by atoms with Gasteiger partial charge in [-0.1, -0.05) is 6.07 Å². The number of nitrogens with one attached hydrogen (secondary N) is 1. The summed E-state index contributed by atoms with van der Waals surface area (Å²) in [7, 11) is 1.37. The molecule has 2 aliphatic heterocycles. The summed E-state index contributed by atoms with van der Waals surface area (Å²) in [6.07, 6.45) is 3.99. The highest BCUT2D eigenvalue weighted by Crippen LogP contribution is 2.44. The number of piperidine rings is 1. The summed E-state index contributed by atoms with van der Waals surface area (Å²) in [6.45, 7) is 1.93. The van der Waals surface area contributed by atoms with Gasteiger partial charge in [0.2, 0.25) is 0 Å². The Morgan fingerprint density at radius 2 is 2.15 bits per heavy atom. The van der Waals surface area contributed by atoms with Crippen molar-refractivity contribution in [1.82, 2.24) is 10.3 Å². The molecule has 3 aliphatic rings. The van der Waals surface area contributed by atoms with E-state index in [0.29, 0.717) is 24.6 Å². The van der Waals surface area contributed by atoms with Crippen LogP contribution in [0.15, 0.2) is 18.3 Å². The maximum absolute atomic E-state index is 12.7. The molecule has 0 aromatic carbocycles. The van der Waals surface area contributed by atoms with Crippen LogP contribution in [-0.4, -0.2) is 35.4 Å². The maximum atomic E-state index is 12.7. The first-order valence-electron chi connectivity index (χ1n) is 6.90. The number of ketones is 1. The van der Waals surface area contributed by atoms with E-state index in [2.05, 4.69) is 10.3 Å². The SMILES string of the molecule is COC(=O)C12CC(CCC1C(=O)c1ccc(C)cn1)N2. The number of fused-ring (bicyclic) bond motifs is 2. The van der Waals surface area contributed by atoms with Gasteiger partial charge in [0.15, 0.2) is 5.78 Å². The van der Waals surface area contributed by atoms with Crippen molar-refractivity contribution < 1.29 is 14.3 Å². The third kappa shape index (κ3) is 1.85. The Morgan fingerprint density at radius 1 is 1.40 bits per heavy atom. The van der Waals surface area contributed by atoms with Gasteiger partial charge in [-0.3, -0.25) is 19.9 Å². The zero-order chi connectivity index (χ0) is 14.3. The van der Waals surface area contributed by atoms with Gasteiger partial charge in [-0.2, -0.15) is 0 Å². The molecule has 4 rings (SSSR count). The number of pyridine rings is 1. The minimum Gasteiger partial charge on any atom is -0.468 e. The summed E-state index contributed by atoms with van der Waals surface area (Å²) in [6, 6.07) is 3.93. The third-order valence-electron chi connectivity index (χ3n) is 4.46. The predicted octanol–water partition coefficient (Wildman–Crippen LogP) is 1.26. The highest BCUT2D eigenvalue weighted by atomic mass is 16.5. The number of nitrogens with zero attached hydrogens (tertiary/aromatic N) is 1. The molecule has 3 fully saturated rings. The third-order valence-corrected chi connectivity index (χ3v) is 4.46. The van der Waals surface area contributed by atoms with Gasteiger partial charge in [0, 0.05) is 12.2 Å². The number of aromatic nitrogens is 1. The Labute approximate surface area is 117 Å². The Kier molecular flexibility index (Phi) is 3.09. The number of methoxy groups -OCH3 is 1. The first-order valence-corrected chi connectivity index (χ1v) is 6.90. The first kappa shape index (κ1) is 13.2. The Bertz CT molecular complexity index is 547. The van der Waals surface area contributed by atoms with Crippen LogP contribution < -0.4 is 5.32 Å². The molecule has 3 heterocycles. The van der Waals surface area contributed by atoms with Gasteiger partial charge in [0.25, 0.3) is 0 Å². The lowest BCUT2D eigenvalue weighted by Gasteiger charge is -2.55. The van der Waals surface area contributed by atoms with E-state index in [4.69, 9.17) is 4.74 Å². The molecule has 0 amide bonds. The summed E-state index contributed by atoms with van der Waals surface area (Å²) in [5.74, 6) is -0.782. The molecule has 0 radical (unpaired) electrons. The van der Waals surface area contributed by atoms with E-state index in [1.54, 1.807) is 12.3 Å². The van der Waals surface area contributed by atoms with Crippen LogP contribution in [0.5, 0.6) is 0 Å². The zero-order valence-electron chi connectivity index (χ0n) is 11.7. The minimum atomic E-state index is -0.832. The number of carbonyl (C=O) groups excluding carboxylic acids is 2. The topological polar surface area (TPSA) is 68.3 Å². The van der Waals surface area contributed by atoms with Crippen molar-refractivity contribution in [2.45, 2.75) is 37.8 Å². The van der Waals surface area contributed by atoms with Gasteiger partial charge in [-0.25, -0.2) is 0 Å². The monoisotopic (exact) mass is 274 g/mol. The fourth-order valence-corrected chi connectivity index (χ4v) is 3.38. The lowest BCUT2D eigenvalue weighted by molar-refractivity contribution is -0.160. The van der Waals surface area contributed by atoms with Crippen LogP contribution in [0.2, 0.25) is 0 Å². The molecule has 106 valence electrons. The van der Waals surface area contributed by atoms with Crippen LogP contribution in [0.25, 0.3) is 0 Å². The van der Waals surface area contributed by atoms with E-state index < -0.39 is 5.54 Å².